The average Bonchev–Trinajstić information content (AvgIpc) is 3.16. The highest BCUT2D eigenvalue weighted by molar-refractivity contribution is 6.42. The molecular formula is C23H21Cl2F3N2O2. The van der Waals surface area contributed by atoms with Crippen molar-refractivity contribution in [2.45, 2.75) is 44.5 Å². The highest BCUT2D eigenvalue weighted by Gasteiger charge is 2.34. The Morgan fingerprint density at radius 1 is 1.09 bits per heavy atom. The SMILES string of the molecule is O=C(C1CCC1)N(Cc1ccc(C(F)(F)F)cc1)C[C@@H]1CC(c2ccc(Cl)c(Cl)c2)=NO1. The Morgan fingerprint density at radius 2 is 1.81 bits per heavy atom. The summed E-state index contributed by atoms with van der Waals surface area (Å²) in [6.07, 6.45) is -1.58. The average molecular weight is 485 g/mol. The quantitative estimate of drug-likeness (QED) is 0.480. The van der Waals surface area contributed by atoms with E-state index in [2.05, 4.69) is 5.16 Å². The van der Waals surface area contributed by atoms with E-state index in [0.29, 0.717) is 34.3 Å². The predicted octanol–water partition coefficient (Wildman–Crippen LogP) is 6.33. The van der Waals surface area contributed by atoms with Crippen molar-refractivity contribution in [1.29, 1.82) is 0 Å². The van der Waals surface area contributed by atoms with Gasteiger partial charge in [-0.2, -0.15) is 13.2 Å². The first-order valence-electron chi connectivity index (χ1n) is 10.3. The molecule has 0 N–H and O–H groups in total. The summed E-state index contributed by atoms with van der Waals surface area (Å²) in [5.41, 5.74) is 1.42. The van der Waals surface area contributed by atoms with Crippen LogP contribution in [0.4, 0.5) is 13.2 Å². The molecular weight excluding hydrogens is 464 g/mol. The maximum Gasteiger partial charge on any atom is 0.416 e. The number of nitrogens with zero attached hydrogens (tertiary/aromatic N) is 2. The normalized spacial score (nSPS) is 18.7. The molecule has 0 saturated heterocycles. The summed E-state index contributed by atoms with van der Waals surface area (Å²) in [6, 6.07) is 10.1. The van der Waals surface area contributed by atoms with Gasteiger partial charge in [0.05, 0.1) is 27.9 Å². The Hall–Kier alpha value is -2.25. The molecule has 0 unspecified atom stereocenters. The fourth-order valence-corrected chi connectivity index (χ4v) is 4.08. The maximum atomic E-state index is 13.0. The number of hydrogen-bond acceptors (Lipinski definition) is 3. The summed E-state index contributed by atoms with van der Waals surface area (Å²) in [6.45, 7) is 0.514. The molecule has 4 rings (SSSR count). The van der Waals surface area contributed by atoms with Crippen molar-refractivity contribution in [3.8, 4) is 0 Å². The minimum absolute atomic E-state index is 0.00253. The number of carbonyl (C=O) groups excluding carboxylic acids is 1. The Balaban J connectivity index is 1.44. The number of halogens is 5. The van der Waals surface area contributed by atoms with Crippen LogP contribution in [0, 0.1) is 5.92 Å². The number of benzene rings is 2. The molecule has 0 aromatic heterocycles. The van der Waals surface area contributed by atoms with Gasteiger partial charge in [0, 0.05) is 24.4 Å². The van der Waals surface area contributed by atoms with E-state index in [-0.39, 0.29) is 24.5 Å². The van der Waals surface area contributed by atoms with E-state index < -0.39 is 11.7 Å². The molecule has 1 atom stereocenters. The third-order valence-corrected chi connectivity index (χ3v) is 6.57. The van der Waals surface area contributed by atoms with Gasteiger partial charge in [-0.3, -0.25) is 4.79 Å². The van der Waals surface area contributed by atoms with Crippen molar-refractivity contribution >= 4 is 34.8 Å². The van der Waals surface area contributed by atoms with Crippen molar-refractivity contribution in [1.82, 2.24) is 4.90 Å². The van der Waals surface area contributed by atoms with Gasteiger partial charge >= 0.3 is 6.18 Å². The molecule has 0 spiro atoms. The van der Waals surface area contributed by atoms with Crippen LogP contribution in [0.1, 0.15) is 42.4 Å². The second-order valence-electron chi connectivity index (χ2n) is 8.14. The van der Waals surface area contributed by atoms with Gasteiger partial charge in [0.2, 0.25) is 5.91 Å². The Kier molecular flexibility index (Phi) is 6.67. The monoisotopic (exact) mass is 484 g/mol. The smallest absolute Gasteiger partial charge is 0.390 e. The van der Waals surface area contributed by atoms with Crippen molar-refractivity contribution in [3.63, 3.8) is 0 Å². The molecule has 1 amide bonds. The van der Waals surface area contributed by atoms with Crippen LogP contribution in [-0.4, -0.2) is 29.2 Å². The molecule has 2 aromatic carbocycles. The van der Waals surface area contributed by atoms with E-state index in [9.17, 15) is 18.0 Å². The molecule has 4 nitrogen and oxygen atoms in total. The summed E-state index contributed by atoms with van der Waals surface area (Å²) in [5.74, 6) is -0.0379. The summed E-state index contributed by atoms with van der Waals surface area (Å²) in [7, 11) is 0. The van der Waals surface area contributed by atoms with Gasteiger partial charge in [0.15, 0.2) is 6.10 Å². The van der Waals surface area contributed by atoms with Crippen molar-refractivity contribution in [2.24, 2.45) is 11.1 Å². The third kappa shape index (κ3) is 5.21. The van der Waals surface area contributed by atoms with Gasteiger partial charge in [0.25, 0.3) is 0 Å². The number of carbonyl (C=O) groups is 1. The number of oxime groups is 1. The van der Waals surface area contributed by atoms with Gasteiger partial charge < -0.3 is 9.74 Å². The fraction of sp³-hybridized carbons (Fsp3) is 0.391. The Labute approximate surface area is 193 Å². The minimum atomic E-state index is -4.39. The molecule has 32 heavy (non-hydrogen) atoms. The lowest BCUT2D eigenvalue weighted by Gasteiger charge is -2.32. The molecule has 1 fully saturated rings. The van der Waals surface area contributed by atoms with Crippen molar-refractivity contribution in [3.05, 3.63) is 69.2 Å². The summed E-state index contributed by atoms with van der Waals surface area (Å²) >= 11 is 12.1. The lowest BCUT2D eigenvalue weighted by Crippen LogP contribution is -2.42. The lowest BCUT2D eigenvalue weighted by atomic mass is 9.84. The first-order chi connectivity index (χ1) is 15.2. The van der Waals surface area contributed by atoms with E-state index in [0.717, 1.165) is 37.0 Å². The maximum absolute atomic E-state index is 13.0. The molecule has 0 radical (unpaired) electrons. The Bertz CT molecular complexity index is 1020. The zero-order valence-corrected chi connectivity index (χ0v) is 18.6. The molecule has 170 valence electrons. The first kappa shape index (κ1) is 22.9. The zero-order chi connectivity index (χ0) is 22.9. The predicted molar refractivity (Wildman–Crippen MR) is 117 cm³/mol. The highest BCUT2D eigenvalue weighted by Crippen LogP contribution is 2.32. The highest BCUT2D eigenvalue weighted by atomic mass is 35.5. The van der Waals surface area contributed by atoms with E-state index in [1.807, 2.05) is 0 Å². The second kappa shape index (κ2) is 9.32. The van der Waals surface area contributed by atoms with Crippen molar-refractivity contribution in [2.75, 3.05) is 6.54 Å². The van der Waals surface area contributed by atoms with Gasteiger partial charge in [-0.05, 0) is 42.7 Å². The van der Waals surface area contributed by atoms with Crippen LogP contribution in [-0.2, 0) is 22.4 Å². The van der Waals surface area contributed by atoms with Crippen molar-refractivity contribution < 1.29 is 22.8 Å². The lowest BCUT2D eigenvalue weighted by molar-refractivity contribution is -0.141. The third-order valence-electron chi connectivity index (χ3n) is 5.83. The fourth-order valence-electron chi connectivity index (χ4n) is 3.78. The van der Waals surface area contributed by atoms with E-state index in [1.165, 1.54) is 12.1 Å². The molecule has 1 aliphatic heterocycles. The van der Waals surface area contributed by atoms with Crippen LogP contribution in [0.25, 0.3) is 0 Å². The number of amides is 1. The van der Waals surface area contributed by atoms with Crippen LogP contribution in [0.3, 0.4) is 0 Å². The number of rotatable bonds is 6. The Morgan fingerprint density at radius 3 is 2.41 bits per heavy atom. The molecule has 1 saturated carbocycles. The minimum Gasteiger partial charge on any atom is -0.390 e. The van der Waals surface area contributed by atoms with E-state index >= 15 is 0 Å². The van der Waals surface area contributed by atoms with E-state index in [4.69, 9.17) is 28.0 Å². The first-order valence-corrected chi connectivity index (χ1v) is 11.1. The van der Waals surface area contributed by atoms with Crippen LogP contribution in [0.15, 0.2) is 47.6 Å². The standard InChI is InChI=1S/C23H21Cl2F3N2O2/c24-19-9-6-16(10-20(19)25)21-11-18(32-29-21)13-30(22(31)15-2-1-3-15)12-14-4-7-17(8-5-14)23(26,27)28/h4-10,15,18H,1-3,11-13H2/t18-/m0/s1. The number of hydrogen-bond donors (Lipinski definition) is 0. The van der Waals surface area contributed by atoms with Gasteiger partial charge in [0.1, 0.15) is 0 Å². The van der Waals surface area contributed by atoms with Crippen LogP contribution in [0.5, 0.6) is 0 Å². The largest absolute Gasteiger partial charge is 0.416 e. The van der Waals surface area contributed by atoms with Crippen LogP contribution >= 0.6 is 23.2 Å². The summed E-state index contributed by atoms with van der Waals surface area (Å²) in [5, 5.41) is 5.01. The van der Waals surface area contributed by atoms with Gasteiger partial charge in [-0.15, -0.1) is 0 Å². The summed E-state index contributed by atoms with van der Waals surface area (Å²) in [4.78, 5) is 20.2. The molecule has 2 aromatic rings. The van der Waals surface area contributed by atoms with Gasteiger partial charge in [-0.1, -0.05) is 53.0 Å². The summed E-state index contributed by atoms with van der Waals surface area (Å²) < 4.78 is 38.6. The molecule has 9 heteroatoms. The molecule has 0 bridgehead atoms. The second-order valence-corrected chi connectivity index (χ2v) is 8.95. The van der Waals surface area contributed by atoms with E-state index in [1.54, 1.807) is 23.1 Å². The van der Waals surface area contributed by atoms with Crippen LogP contribution in [0.2, 0.25) is 10.0 Å². The van der Waals surface area contributed by atoms with Crippen LogP contribution < -0.4 is 0 Å². The topological polar surface area (TPSA) is 41.9 Å². The zero-order valence-electron chi connectivity index (χ0n) is 17.0. The molecule has 2 aliphatic rings. The molecule has 1 aliphatic carbocycles. The number of alkyl halides is 3. The van der Waals surface area contributed by atoms with Gasteiger partial charge in [-0.25, -0.2) is 0 Å². The molecule has 1 heterocycles.